The first-order chi connectivity index (χ1) is 6.02. The smallest absolute Gasteiger partial charge is 0.0118 e. The third-order valence-electron chi connectivity index (χ3n) is 3.28. The van der Waals surface area contributed by atoms with Gasteiger partial charge in [-0.3, -0.25) is 0 Å². The maximum atomic E-state index is 3.71. The van der Waals surface area contributed by atoms with Crippen LogP contribution < -0.4 is 5.32 Å². The molecular weight excluding hydrogens is 158 g/mol. The second kappa shape index (κ2) is 4.45. The van der Waals surface area contributed by atoms with E-state index in [1.807, 2.05) is 0 Å². The quantitative estimate of drug-likeness (QED) is 0.708. The highest BCUT2D eigenvalue weighted by Crippen LogP contribution is 2.35. The van der Waals surface area contributed by atoms with Gasteiger partial charge in [-0.05, 0) is 30.7 Å². The van der Waals surface area contributed by atoms with Crippen molar-refractivity contribution in [1.82, 2.24) is 5.32 Å². The highest BCUT2D eigenvalue weighted by molar-refractivity contribution is 4.87. The van der Waals surface area contributed by atoms with Gasteiger partial charge >= 0.3 is 0 Å². The first-order valence-corrected chi connectivity index (χ1v) is 5.76. The molecule has 1 unspecified atom stereocenters. The van der Waals surface area contributed by atoms with Crippen molar-refractivity contribution in [3.05, 3.63) is 0 Å². The SMILES string of the molecule is CC(C)CNC1CCCCC1(C)C. The lowest BCUT2D eigenvalue weighted by molar-refractivity contribution is 0.164. The van der Waals surface area contributed by atoms with Crippen LogP contribution in [0, 0.1) is 11.3 Å². The Kier molecular flexibility index (Phi) is 3.78. The molecule has 1 aliphatic carbocycles. The van der Waals surface area contributed by atoms with Gasteiger partial charge in [-0.1, -0.05) is 40.5 Å². The normalized spacial score (nSPS) is 27.9. The van der Waals surface area contributed by atoms with Crippen LogP contribution >= 0.6 is 0 Å². The molecule has 0 aliphatic heterocycles. The minimum Gasteiger partial charge on any atom is -0.313 e. The highest BCUT2D eigenvalue weighted by atomic mass is 14.9. The van der Waals surface area contributed by atoms with Crippen LogP contribution in [0.2, 0.25) is 0 Å². The van der Waals surface area contributed by atoms with E-state index in [0.717, 1.165) is 12.0 Å². The maximum Gasteiger partial charge on any atom is 0.0118 e. The molecule has 78 valence electrons. The molecule has 0 radical (unpaired) electrons. The Labute approximate surface area is 83.3 Å². The Morgan fingerprint density at radius 1 is 1.31 bits per heavy atom. The molecule has 1 N–H and O–H groups in total. The second-order valence-electron chi connectivity index (χ2n) is 5.59. The van der Waals surface area contributed by atoms with Gasteiger partial charge in [0.1, 0.15) is 0 Å². The van der Waals surface area contributed by atoms with Crippen molar-refractivity contribution in [2.45, 2.75) is 59.4 Å². The first kappa shape index (κ1) is 11.0. The van der Waals surface area contributed by atoms with Crippen LogP contribution in [0.5, 0.6) is 0 Å². The molecule has 0 aromatic rings. The average molecular weight is 183 g/mol. The van der Waals surface area contributed by atoms with Crippen molar-refractivity contribution in [1.29, 1.82) is 0 Å². The van der Waals surface area contributed by atoms with Gasteiger partial charge in [0.25, 0.3) is 0 Å². The van der Waals surface area contributed by atoms with Crippen molar-refractivity contribution in [3.8, 4) is 0 Å². The van der Waals surface area contributed by atoms with Gasteiger partial charge < -0.3 is 5.32 Å². The van der Waals surface area contributed by atoms with E-state index in [0.29, 0.717) is 5.41 Å². The molecule has 1 fully saturated rings. The fourth-order valence-corrected chi connectivity index (χ4v) is 2.25. The van der Waals surface area contributed by atoms with Gasteiger partial charge in [0.15, 0.2) is 0 Å². The van der Waals surface area contributed by atoms with Crippen LogP contribution in [0.25, 0.3) is 0 Å². The van der Waals surface area contributed by atoms with Crippen molar-refractivity contribution in [2.75, 3.05) is 6.54 Å². The Hall–Kier alpha value is -0.0400. The summed E-state index contributed by atoms with van der Waals surface area (Å²) >= 11 is 0. The predicted molar refractivity (Wildman–Crippen MR) is 58.9 cm³/mol. The Morgan fingerprint density at radius 3 is 2.54 bits per heavy atom. The molecule has 1 rings (SSSR count). The fraction of sp³-hybridized carbons (Fsp3) is 1.00. The molecule has 1 heteroatoms. The van der Waals surface area contributed by atoms with E-state index in [-0.39, 0.29) is 0 Å². The average Bonchev–Trinajstić information content (AvgIpc) is 2.01. The van der Waals surface area contributed by atoms with E-state index in [9.17, 15) is 0 Å². The monoisotopic (exact) mass is 183 g/mol. The van der Waals surface area contributed by atoms with E-state index < -0.39 is 0 Å². The van der Waals surface area contributed by atoms with Gasteiger partial charge in [0.2, 0.25) is 0 Å². The minimum atomic E-state index is 0.521. The van der Waals surface area contributed by atoms with Crippen molar-refractivity contribution in [3.63, 3.8) is 0 Å². The van der Waals surface area contributed by atoms with E-state index in [2.05, 4.69) is 33.0 Å². The molecule has 1 aliphatic rings. The lowest BCUT2D eigenvalue weighted by Gasteiger charge is -2.39. The Bertz CT molecular complexity index is 149. The number of hydrogen-bond donors (Lipinski definition) is 1. The van der Waals surface area contributed by atoms with Gasteiger partial charge in [0, 0.05) is 6.04 Å². The summed E-state index contributed by atoms with van der Waals surface area (Å²) in [5.74, 6) is 0.776. The molecule has 1 nitrogen and oxygen atoms in total. The molecule has 1 atom stereocenters. The third-order valence-corrected chi connectivity index (χ3v) is 3.28. The summed E-state index contributed by atoms with van der Waals surface area (Å²) in [5, 5.41) is 3.71. The van der Waals surface area contributed by atoms with E-state index >= 15 is 0 Å². The van der Waals surface area contributed by atoms with Crippen molar-refractivity contribution in [2.24, 2.45) is 11.3 Å². The Balaban J connectivity index is 2.37. The molecule has 0 spiro atoms. The molecule has 0 saturated heterocycles. The summed E-state index contributed by atoms with van der Waals surface area (Å²) < 4.78 is 0. The largest absolute Gasteiger partial charge is 0.313 e. The lowest BCUT2D eigenvalue weighted by Crippen LogP contribution is -2.45. The molecule has 0 amide bonds. The first-order valence-electron chi connectivity index (χ1n) is 5.76. The summed E-state index contributed by atoms with van der Waals surface area (Å²) in [6.45, 7) is 10.5. The van der Waals surface area contributed by atoms with Crippen molar-refractivity contribution < 1.29 is 0 Å². The second-order valence-corrected chi connectivity index (χ2v) is 5.59. The fourth-order valence-electron chi connectivity index (χ4n) is 2.25. The van der Waals surface area contributed by atoms with Gasteiger partial charge in [0.05, 0.1) is 0 Å². The number of nitrogens with one attached hydrogen (secondary N) is 1. The Morgan fingerprint density at radius 2 is 2.00 bits per heavy atom. The van der Waals surface area contributed by atoms with Crippen LogP contribution in [-0.4, -0.2) is 12.6 Å². The molecule has 0 aromatic carbocycles. The zero-order chi connectivity index (χ0) is 9.90. The summed E-state index contributed by atoms with van der Waals surface area (Å²) in [6.07, 6.45) is 5.61. The van der Waals surface area contributed by atoms with Crippen LogP contribution in [0.3, 0.4) is 0 Å². The molecular formula is C12H25N. The summed E-state index contributed by atoms with van der Waals surface area (Å²) in [4.78, 5) is 0. The summed E-state index contributed by atoms with van der Waals surface area (Å²) in [5.41, 5.74) is 0.521. The third kappa shape index (κ3) is 3.30. The van der Waals surface area contributed by atoms with Crippen molar-refractivity contribution >= 4 is 0 Å². The standard InChI is InChI=1S/C12H25N/c1-10(2)9-13-11-7-5-6-8-12(11,3)4/h10-11,13H,5-9H2,1-4H3. The molecule has 0 heterocycles. The van der Waals surface area contributed by atoms with Crippen LogP contribution in [0.4, 0.5) is 0 Å². The van der Waals surface area contributed by atoms with Gasteiger partial charge in [-0.25, -0.2) is 0 Å². The van der Waals surface area contributed by atoms with Gasteiger partial charge in [-0.15, -0.1) is 0 Å². The number of hydrogen-bond acceptors (Lipinski definition) is 1. The number of rotatable bonds is 3. The molecule has 1 saturated carbocycles. The minimum absolute atomic E-state index is 0.521. The van der Waals surface area contributed by atoms with E-state index in [1.54, 1.807) is 0 Å². The van der Waals surface area contributed by atoms with Crippen LogP contribution in [-0.2, 0) is 0 Å². The maximum absolute atomic E-state index is 3.71. The molecule has 13 heavy (non-hydrogen) atoms. The summed E-state index contributed by atoms with van der Waals surface area (Å²) in [6, 6.07) is 0.753. The van der Waals surface area contributed by atoms with Crippen LogP contribution in [0.1, 0.15) is 53.4 Å². The van der Waals surface area contributed by atoms with Gasteiger partial charge in [-0.2, -0.15) is 0 Å². The zero-order valence-electron chi connectivity index (χ0n) is 9.69. The molecule has 0 aromatic heterocycles. The van der Waals surface area contributed by atoms with E-state index in [4.69, 9.17) is 0 Å². The topological polar surface area (TPSA) is 12.0 Å². The summed E-state index contributed by atoms with van der Waals surface area (Å²) in [7, 11) is 0. The van der Waals surface area contributed by atoms with E-state index in [1.165, 1.54) is 32.2 Å². The predicted octanol–water partition coefficient (Wildman–Crippen LogP) is 3.20. The molecule has 0 bridgehead atoms. The zero-order valence-corrected chi connectivity index (χ0v) is 9.69. The lowest BCUT2D eigenvalue weighted by atomic mass is 9.73. The van der Waals surface area contributed by atoms with Crippen LogP contribution in [0.15, 0.2) is 0 Å². The highest BCUT2D eigenvalue weighted by Gasteiger charge is 2.31.